The Kier molecular flexibility index (Phi) is 4.58. The molecule has 14 heavy (non-hydrogen) atoms. The van der Waals surface area contributed by atoms with Crippen LogP contribution in [0.4, 0.5) is 5.69 Å². The summed E-state index contributed by atoms with van der Waals surface area (Å²) in [6, 6.07) is 7.26. The Morgan fingerprint density at radius 2 is 2.00 bits per heavy atom. The number of hydrogen-bond acceptors (Lipinski definition) is 3. The summed E-state index contributed by atoms with van der Waals surface area (Å²) < 4.78 is 22.9. The largest absolute Gasteiger partial charge is 0.755 e. The van der Waals surface area contributed by atoms with Crippen molar-refractivity contribution in [3.05, 3.63) is 29.8 Å². The summed E-state index contributed by atoms with van der Waals surface area (Å²) in [4.78, 5) is 0. The number of rotatable bonds is 5. The molecule has 78 valence electrons. The van der Waals surface area contributed by atoms with Gasteiger partial charge in [0.15, 0.2) is 0 Å². The predicted octanol–water partition coefficient (Wildman–Crippen LogP) is 0.784. The van der Waals surface area contributed by atoms with Gasteiger partial charge in [0, 0.05) is 17.0 Å². The second-order valence-electron chi connectivity index (χ2n) is 2.93. The van der Waals surface area contributed by atoms with Crippen molar-refractivity contribution in [2.45, 2.75) is 12.8 Å². The minimum atomic E-state index is -2.25. The summed E-state index contributed by atoms with van der Waals surface area (Å²) in [6.07, 6.45) is 1.87. The maximum atomic E-state index is 10.3. The number of benzene rings is 1. The van der Waals surface area contributed by atoms with E-state index in [1.54, 1.807) is 12.1 Å². The van der Waals surface area contributed by atoms with E-state index in [0.29, 0.717) is 12.2 Å². The minimum absolute atomic E-state index is 0.579. The Labute approximate surface area is 85.9 Å². The number of aryl methyl sites for hydroxylation is 1. The number of hydrogen-bond donors (Lipinski definition) is 2. The van der Waals surface area contributed by atoms with Gasteiger partial charge in [-0.3, -0.25) is 4.21 Å². The SMILES string of the molecule is NCCCc1ccc(NS(=O)[O-])cc1. The van der Waals surface area contributed by atoms with Crippen molar-refractivity contribution in [1.82, 2.24) is 0 Å². The van der Waals surface area contributed by atoms with Gasteiger partial charge < -0.3 is 15.0 Å². The predicted molar refractivity (Wildman–Crippen MR) is 56.4 cm³/mol. The molecule has 0 amide bonds. The first-order chi connectivity index (χ1) is 6.72. The van der Waals surface area contributed by atoms with Crippen LogP contribution in [0, 0.1) is 0 Å². The fraction of sp³-hybridized carbons (Fsp3) is 0.333. The maximum absolute atomic E-state index is 10.3. The van der Waals surface area contributed by atoms with Crippen LogP contribution in [0.15, 0.2) is 24.3 Å². The zero-order valence-corrected chi connectivity index (χ0v) is 8.55. The van der Waals surface area contributed by atoms with E-state index >= 15 is 0 Å². The molecule has 0 heterocycles. The van der Waals surface area contributed by atoms with Gasteiger partial charge in [-0.05, 0) is 37.1 Å². The Hall–Kier alpha value is -0.910. The van der Waals surface area contributed by atoms with Gasteiger partial charge in [-0.2, -0.15) is 0 Å². The third kappa shape index (κ3) is 3.87. The lowest BCUT2D eigenvalue weighted by molar-refractivity contribution is 0.542. The Morgan fingerprint density at radius 1 is 1.36 bits per heavy atom. The lowest BCUT2D eigenvalue weighted by atomic mass is 10.1. The fourth-order valence-electron chi connectivity index (χ4n) is 1.14. The third-order valence-electron chi connectivity index (χ3n) is 1.82. The molecule has 1 aromatic carbocycles. The van der Waals surface area contributed by atoms with Crippen molar-refractivity contribution in [3.8, 4) is 0 Å². The Balaban J connectivity index is 2.54. The van der Waals surface area contributed by atoms with Crippen molar-refractivity contribution in [1.29, 1.82) is 0 Å². The number of nitrogens with one attached hydrogen (secondary N) is 1. The summed E-state index contributed by atoms with van der Waals surface area (Å²) in [5.41, 5.74) is 7.12. The minimum Gasteiger partial charge on any atom is -0.755 e. The summed E-state index contributed by atoms with van der Waals surface area (Å²) in [5, 5.41) is 0. The van der Waals surface area contributed by atoms with Gasteiger partial charge in [-0.25, -0.2) is 0 Å². The van der Waals surface area contributed by atoms with Crippen LogP contribution in [0.25, 0.3) is 0 Å². The molecule has 1 unspecified atom stereocenters. The third-order valence-corrected chi connectivity index (χ3v) is 2.23. The van der Waals surface area contributed by atoms with Crippen molar-refractivity contribution in [2.75, 3.05) is 11.3 Å². The first-order valence-corrected chi connectivity index (χ1v) is 5.45. The van der Waals surface area contributed by atoms with Crippen LogP contribution in [0.3, 0.4) is 0 Å². The van der Waals surface area contributed by atoms with Gasteiger partial charge in [0.05, 0.1) is 0 Å². The molecule has 4 nitrogen and oxygen atoms in total. The standard InChI is InChI=1S/C9H14N2O2S/c10-7-1-2-8-3-5-9(6-4-8)11-14(12)13/h3-6,11H,1-2,7,10H2,(H,12,13)/p-1. The highest BCUT2D eigenvalue weighted by atomic mass is 32.2. The van der Waals surface area contributed by atoms with Gasteiger partial charge in [0.25, 0.3) is 0 Å². The first kappa shape index (κ1) is 11.2. The van der Waals surface area contributed by atoms with Crippen LogP contribution in [0.1, 0.15) is 12.0 Å². The van der Waals surface area contributed by atoms with E-state index in [4.69, 9.17) is 5.73 Å². The smallest absolute Gasteiger partial charge is 0.0452 e. The normalized spacial score (nSPS) is 12.4. The summed E-state index contributed by atoms with van der Waals surface area (Å²) >= 11 is -2.25. The highest BCUT2D eigenvalue weighted by molar-refractivity contribution is 7.80. The summed E-state index contributed by atoms with van der Waals surface area (Å²) in [7, 11) is 0. The Bertz CT molecular complexity index is 300. The van der Waals surface area contributed by atoms with E-state index in [0.717, 1.165) is 18.4 Å². The molecule has 1 rings (SSSR count). The van der Waals surface area contributed by atoms with Crippen LogP contribution in [0.5, 0.6) is 0 Å². The molecule has 0 aliphatic rings. The van der Waals surface area contributed by atoms with Crippen LogP contribution in [-0.4, -0.2) is 15.3 Å². The molecule has 1 aromatic rings. The zero-order chi connectivity index (χ0) is 10.4. The summed E-state index contributed by atoms with van der Waals surface area (Å²) in [5.74, 6) is 0. The second-order valence-corrected chi connectivity index (χ2v) is 3.60. The molecule has 0 fully saturated rings. The average molecular weight is 213 g/mol. The first-order valence-electron chi connectivity index (χ1n) is 4.37. The molecule has 0 spiro atoms. The van der Waals surface area contributed by atoms with Crippen LogP contribution in [0.2, 0.25) is 0 Å². The van der Waals surface area contributed by atoms with E-state index < -0.39 is 11.3 Å². The molecule has 0 radical (unpaired) electrons. The highest BCUT2D eigenvalue weighted by Gasteiger charge is 1.93. The molecule has 0 aromatic heterocycles. The van der Waals surface area contributed by atoms with Crippen LogP contribution < -0.4 is 10.5 Å². The molecule has 5 heteroatoms. The molecule has 0 aliphatic carbocycles. The topological polar surface area (TPSA) is 78.2 Å². The van der Waals surface area contributed by atoms with E-state index in [9.17, 15) is 8.76 Å². The second kappa shape index (κ2) is 5.74. The maximum Gasteiger partial charge on any atom is 0.0452 e. The fourth-order valence-corrected chi connectivity index (χ4v) is 1.47. The van der Waals surface area contributed by atoms with E-state index in [1.807, 2.05) is 12.1 Å². The molecule has 3 N–H and O–H groups in total. The van der Waals surface area contributed by atoms with Crippen LogP contribution >= 0.6 is 0 Å². The van der Waals surface area contributed by atoms with Crippen molar-refractivity contribution in [3.63, 3.8) is 0 Å². The van der Waals surface area contributed by atoms with Gasteiger partial charge in [0.1, 0.15) is 0 Å². The van der Waals surface area contributed by atoms with Gasteiger partial charge in [-0.1, -0.05) is 12.1 Å². The van der Waals surface area contributed by atoms with Gasteiger partial charge >= 0.3 is 0 Å². The number of anilines is 1. The summed E-state index contributed by atoms with van der Waals surface area (Å²) in [6.45, 7) is 0.671. The van der Waals surface area contributed by atoms with Crippen molar-refractivity contribution >= 4 is 17.0 Å². The molecule has 1 atom stereocenters. The molecular weight excluding hydrogens is 200 g/mol. The molecule has 0 saturated heterocycles. The van der Waals surface area contributed by atoms with E-state index in [-0.39, 0.29) is 0 Å². The van der Waals surface area contributed by atoms with Crippen molar-refractivity contribution < 1.29 is 8.76 Å². The Morgan fingerprint density at radius 3 is 2.50 bits per heavy atom. The van der Waals surface area contributed by atoms with Crippen molar-refractivity contribution in [2.24, 2.45) is 5.73 Å². The van der Waals surface area contributed by atoms with Crippen LogP contribution in [-0.2, 0) is 17.7 Å². The van der Waals surface area contributed by atoms with Gasteiger partial charge in [-0.15, -0.1) is 0 Å². The monoisotopic (exact) mass is 213 g/mol. The quantitative estimate of drug-likeness (QED) is 0.709. The highest BCUT2D eigenvalue weighted by Crippen LogP contribution is 2.10. The van der Waals surface area contributed by atoms with E-state index in [2.05, 4.69) is 4.72 Å². The molecule has 0 aliphatic heterocycles. The lowest BCUT2D eigenvalue weighted by Crippen LogP contribution is -2.02. The van der Waals surface area contributed by atoms with E-state index in [1.165, 1.54) is 0 Å². The molecule has 0 bridgehead atoms. The lowest BCUT2D eigenvalue weighted by Gasteiger charge is -2.08. The molecule has 0 saturated carbocycles. The average Bonchev–Trinajstić information content (AvgIpc) is 2.16. The zero-order valence-electron chi connectivity index (χ0n) is 7.73. The van der Waals surface area contributed by atoms with Gasteiger partial charge in [0.2, 0.25) is 0 Å². The molecular formula is C9H13N2O2S-. The number of nitrogens with two attached hydrogens (primary N) is 1.